The Kier molecular flexibility index (Phi) is 7.54. The van der Waals surface area contributed by atoms with E-state index in [0.29, 0.717) is 45.5 Å². The number of carboxylic acid groups (broad SMARTS) is 1. The molecule has 3 aromatic heterocycles. The fourth-order valence-electron chi connectivity index (χ4n) is 5.74. The summed E-state index contributed by atoms with van der Waals surface area (Å²) in [5.41, 5.74) is 0.524. The number of carboxylic acids is 1. The molecule has 2 fully saturated rings. The second kappa shape index (κ2) is 11.3. The number of nitrogens with zero attached hydrogens (tertiary/aromatic N) is 3. The van der Waals surface area contributed by atoms with Crippen molar-refractivity contribution < 1.29 is 28.5 Å². The highest BCUT2D eigenvalue weighted by Gasteiger charge is 2.38. The molecule has 216 valence electrons. The molecule has 1 aromatic carbocycles. The molecule has 0 bridgehead atoms. The minimum absolute atomic E-state index is 0.0772. The summed E-state index contributed by atoms with van der Waals surface area (Å²) in [5, 5.41) is 9.84. The van der Waals surface area contributed by atoms with E-state index in [2.05, 4.69) is 4.98 Å². The summed E-state index contributed by atoms with van der Waals surface area (Å²) in [7, 11) is 1.59. The van der Waals surface area contributed by atoms with Gasteiger partial charge in [0.1, 0.15) is 22.9 Å². The SMILES string of the molecule is COc1ccccc1[C@H](Cn1c(=O)n(C2CC(C(=O)O)C2)c(=O)c2c(C)c(-c3ncco3)sc21)OC1CCOCC1. The van der Waals surface area contributed by atoms with Crippen molar-refractivity contribution in [3.63, 3.8) is 0 Å². The number of oxazole rings is 1. The van der Waals surface area contributed by atoms with Gasteiger partial charge in [0, 0.05) is 24.8 Å². The third-order valence-electron chi connectivity index (χ3n) is 8.06. The molecule has 12 heteroatoms. The molecule has 4 aromatic rings. The van der Waals surface area contributed by atoms with Crippen LogP contribution in [0.15, 0.2) is 50.7 Å². The second-order valence-electron chi connectivity index (χ2n) is 10.5. The van der Waals surface area contributed by atoms with Crippen molar-refractivity contribution in [1.29, 1.82) is 0 Å². The summed E-state index contributed by atoms with van der Waals surface area (Å²) < 4.78 is 26.2. The number of rotatable bonds is 9. The highest BCUT2D eigenvalue weighted by molar-refractivity contribution is 7.22. The molecule has 0 spiro atoms. The number of carbonyl (C=O) groups is 1. The summed E-state index contributed by atoms with van der Waals surface area (Å²) in [6, 6.07) is 7.04. The van der Waals surface area contributed by atoms with Crippen molar-refractivity contribution in [1.82, 2.24) is 14.1 Å². The fourth-order valence-corrected chi connectivity index (χ4v) is 6.99. The lowest BCUT2D eigenvalue weighted by Gasteiger charge is -2.34. The van der Waals surface area contributed by atoms with Crippen molar-refractivity contribution >= 4 is 27.5 Å². The lowest BCUT2D eigenvalue weighted by Crippen LogP contribution is -2.47. The normalized spacial score (nSPS) is 20.1. The van der Waals surface area contributed by atoms with Crippen molar-refractivity contribution in [3.05, 3.63) is 68.7 Å². The predicted molar refractivity (Wildman–Crippen MR) is 151 cm³/mol. The van der Waals surface area contributed by atoms with Crippen LogP contribution < -0.4 is 16.0 Å². The first-order valence-corrected chi connectivity index (χ1v) is 14.5. The van der Waals surface area contributed by atoms with E-state index in [1.54, 1.807) is 11.7 Å². The number of hydrogen-bond acceptors (Lipinski definition) is 9. The zero-order valence-electron chi connectivity index (χ0n) is 22.8. The van der Waals surface area contributed by atoms with Crippen LogP contribution >= 0.6 is 11.3 Å². The Hall–Kier alpha value is -3.74. The number of ether oxygens (including phenoxy) is 3. The van der Waals surface area contributed by atoms with Gasteiger partial charge >= 0.3 is 11.7 Å². The van der Waals surface area contributed by atoms with Gasteiger partial charge in [-0.1, -0.05) is 18.2 Å². The Balaban J connectivity index is 1.52. The van der Waals surface area contributed by atoms with Crippen LogP contribution in [-0.4, -0.2) is 51.6 Å². The maximum absolute atomic E-state index is 14.2. The topological polar surface area (TPSA) is 135 Å². The second-order valence-corrected chi connectivity index (χ2v) is 11.5. The molecule has 1 saturated carbocycles. The van der Waals surface area contributed by atoms with Gasteiger partial charge in [-0.25, -0.2) is 9.78 Å². The molecule has 0 amide bonds. The zero-order chi connectivity index (χ0) is 28.7. The van der Waals surface area contributed by atoms with Gasteiger partial charge in [-0.2, -0.15) is 0 Å². The van der Waals surface area contributed by atoms with E-state index >= 15 is 0 Å². The van der Waals surface area contributed by atoms with E-state index in [4.69, 9.17) is 18.6 Å². The quantitative estimate of drug-likeness (QED) is 0.309. The number of para-hydroxylation sites is 1. The van der Waals surface area contributed by atoms with Crippen LogP contribution in [0.3, 0.4) is 0 Å². The number of benzene rings is 1. The molecule has 1 N–H and O–H groups in total. The number of fused-ring (bicyclic) bond motifs is 1. The predicted octanol–water partition coefficient (Wildman–Crippen LogP) is 4.17. The standard InChI is InChI=1S/C29H31N3O8S/c1-16-23-26(33)32(18-13-17(14-18)28(34)35)29(36)31(27(23)41-24(16)25-30-9-12-39-25)15-22(40-19-7-10-38-11-8-19)20-5-3-4-6-21(20)37-2/h3-6,9,12,17-19,22H,7-8,10-11,13-15H2,1-2H3,(H,34,35)/t17?,18?,22-/m0/s1. The number of thiophene rings is 1. The highest BCUT2D eigenvalue weighted by atomic mass is 32.1. The molecule has 2 aliphatic rings. The van der Waals surface area contributed by atoms with Gasteiger partial charge < -0.3 is 23.7 Å². The number of methoxy groups -OCH3 is 1. The zero-order valence-corrected chi connectivity index (χ0v) is 23.6. The van der Waals surface area contributed by atoms with Crippen molar-refractivity contribution in [2.24, 2.45) is 5.92 Å². The van der Waals surface area contributed by atoms with Crippen LogP contribution in [0.25, 0.3) is 21.0 Å². The van der Waals surface area contributed by atoms with Gasteiger partial charge in [-0.05, 0) is 44.2 Å². The van der Waals surface area contributed by atoms with E-state index in [9.17, 15) is 19.5 Å². The highest BCUT2D eigenvalue weighted by Crippen LogP contribution is 2.40. The first-order chi connectivity index (χ1) is 19.9. The summed E-state index contributed by atoms with van der Waals surface area (Å²) >= 11 is 1.27. The maximum atomic E-state index is 14.2. The minimum atomic E-state index is -0.922. The van der Waals surface area contributed by atoms with Gasteiger partial charge in [0.15, 0.2) is 0 Å². The average Bonchev–Trinajstić information content (AvgIpc) is 3.60. The molecule has 1 aliphatic carbocycles. The Labute approximate surface area is 238 Å². The van der Waals surface area contributed by atoms with Gasteiger partial charge in [0.25, 0.3) is 5.56 Å². The molecule has 6 rings (SSSR count). The van der Waals surface area contributed by atoms with Crippen molar-refractivity contribution in [2.45, 2.75) is 57.4 Å². The molecule has 1 saturated heterocycles. The lowest BCUT2D eigenvalue weighted by molar-refractivity contribution is -0.146. The van der Waals surface area contributed by atoms with Crippen molar-refractivity contribution in [3.8, 4) is 16.5 Å². The number of aryl methyl sites for hydroxylation is 1. The Morgan fingerprint density at radius 1 is 1.22 bits per heavy atom. The molecule has 1 atom stereocenters. The van der Waals surface area contributed by atoms with E-state index in [1.165, 1.54) is 28.4 Å². The minimum Gasteiger partial charge on any atom is -0.496 e. The maximum Gasteiger partial charge on any atom is 0.332 e. The van der Waals surface area contributed by atoms with Crippen LogP contribution in [0.1, 0.15) is 49.0 Å². The van der Waals surface area contributed by atoms with Gasteiger partial charge in [-0.15, -0.1) is 11.3 Å². The summed E-state index contributed by atoms with van der Waals surface area (Å²) in [6.07, 6.45) is 4.24. The number of aromatic nitrogens is 3. The third kappa shape index (κ3) is 5.00. The summed E-state index contributed by atoms with van der Waals surface area (Å²) in [6.45, 7) is 3.12. The van der Waals surface area contributed by atoms with Gasteiger partial charge in [-0.3, -0.25) is 18.7 Å². The smallest absolute Gasteiger partial charge is 0.332 e. The molecule has 0 unspecified atom stereocenters. The third-order valence-corrected chi connectivity index (χ3v) is 9.36. The van der Waals surface area contributed by atoms with Crippen molar-refractivity contribution in [2.75, 3.05) is 20.3 Å². The average molecular weight is 582 g/mol. The molecule has 1 aliphatic heterocycles. The Morgan fingerprint density at radius 2 is 1.98 bits per heavy atom. The fraction of sp³-hybridized carbons (Fsp3) is 0.448. The lowest BCUT2D eigenvalue weighted by atomic mass is 9.80. The molecular weight excluding hydrogens is 550 g/mol. The first-order valence-electron chi connectivity index (χ1n) is 13.6. The van der Waals surface area contributed by atoms with E-state index < -0.39 is 35.3 Å². The van der Waals surface area contributed by atoms with E-state index in [-0.39, 0.29) is 25.5 Å². The Morgan fingerprint density at radius 3 is 2.66 bits per heavy atom. The van der Waals surface area contributed by atoms with E-state index in [1.807, 2.05) is 31.2 Å². The van der Waals surface area contributed by atoms with Crippen LogP contribution in [-0.2, 0) is 20.8 Å². The van der Waals surface area contributed by atoms with Crippen LogP contribution in [0.2, 0.25) is 0 Å². The van der Waals surface area contributed by atoms with Crippen LogP contribution in [0.4, 0.5) is 0 Å². The number of aliphatic carboxylic acids is 1. The molecule has 4 heterocycles. The van der Waals surface area contributed by atoms with Crippen LogP contribution in [0.5, 0.6) is 5.75 Å². The van der Waals surface area contributed by atoms with E-state index in [0.717, 1.165) is 18.4 Å². The first kappa shape index (κ1) is 27.4. The molecular formula is C29H31N3O8S. The summed E-state index contributed by atoms with van der Waals surface area (Å²) in [5.74, 6) is -0.508. The number of hydrogen-bond donors (Lipinski definition) is 1. The van der Waals surface area contributed by atoms with Gasteiger partial charge in [0.2, 0.25) is 5.89 Å². The Bertz CT molecular complexity index is 1680. The monoisotopic (exact) mass is 581 g/mol. The molecule has 0 radical (unpaired) electrons. The van der Waals surface area contributed by atoms with Gasteiger partial charge in [0.05, 0.1) is 42.1 Å². The summed E-state index contributed by atoms with van der Waals surface area (Å²) in [4.78, 5) is 45.0. The largest absolute Gasteiger partial charge is 0.496 e. The molecule has 11 nitrogen and oxygen atoms in total. The van der Waals surface area contributed by atoms with Crippen LogP contribution in [0, 0.1) is 12.8 Å². The molecule has 41 heavy (non-hydrogen) atoms.